The fraction of sp³-hybridized carbons (Fsp3) is 0.556. The number of benzene rings is 1. The van der Waals surface area contributed by atoms with Crippen molar-refractivity contribution < 1.29 is 19.1 Å². The summed E-state index contributed by atoms with van der Waals surface area (Å²) in [6.45, 7) is 2.67. The second-order valence-corrected chi connectivity index (χ2v) is 6.37. The SMILES string of the molecule is COc1ccc(NC(=O)CC2COCCN2)cc1N1CCCCC1=O.Cl. The normalized spacial score (nSPS) is 20.3. The van der Waals surface area contributed by atoms with Crippen molar-refractivity contribution >= 4 is 35.6 Å². The van der Waals surface area contributed by atoms with E-state index in [1.807, 2.05) is 6.07 Å². The van der Waals surface area contributed by atoms with Crippen LogP contribution >= 0.6 is 12.4 Å². The molecule has 0 aliphatic carbocycles. The first-order chi connectivity index (χ1) is 12.2. The van der Waals surface area contributed by atoms with E-state index in [2.05, 4.69) is 10.6 Å². The molecule has 7 nitrogen and oxygen atoms in total. The van der Waals surface area contributed by atoms with Gasteiger partial charge in [-0.25, -0.2) is 0 Å². The summed E-state index contributed by atoms with van der Waals surface area (Å²) in [7, 11) is 1.58. The van der Waals surface area contributed by atoms with Crippen LogP contribution in [0.4, 0.5) is 11.4 Å². The number of ether oxygens (including phenoxy) is 2. The van der Waals surface area contributed by atoms with E-state index in [1.165, 1.54) is 0 Å². The predicted molar refractivity (Wildman–Crippen MR) is 102 cm³/mol. The van der Waals surface area contributed by atoms with E-state index in [-0.39, 0.29) is 30.3 Å². The third-order valence-corrected chi connectivity index (χ3v) is 4.51. The molecule has 0 radical (unpaired) electrons. The van der Waals surface area contributed by atoms with Crippen molar-refractivity contribution in [2.75, 3.05) is 43.6 Å². The van der Waals surface area contributed by atoms with Gasteiger partial charge in [-0.05, 0) is 31.0 Å². The van der Waals surface area contributed by atoms with Crippen LogP contribution in [0.2, 0.25) is 0 Å². The second-order valence-electron chi connectivity index (χ2n) is 6.37. The van der Waals surface area contributed by atoms with Crippen LogP contribution in [0, 0.1) is 0 Å². The molecule has 2 aliphatic heterocycles. The maximum atomic E-state index is 12.3. The molecule has 3 rings (SSSR count). The second kappa shape index (κ2) is 9.75. The molecule has 0 saturated carbocycles. The lowest BCUT2D eigenvalue weighted by atomic mass is 10.1. The monoisotopic (exact) mass is 383 g/mol. The maximum absolute atomic E-state index is 12.3. The molecule has 2 aliphatic rings. The minimum atomic E-state index is -0.0795. The minimum absolute atomic E-state index is 0. The van der Waals surface area contributed by atoms with Gasteiger partial charge in [-0.3, -0.25) is 9.59 Å². The van der Waals surface area contributed by atoms with Crippen LogP contribution in [0.5, 0.6) is 5.75 Å². The average Bonchev–Trinajstić information content (AvgIpc) is 2.63. The van der Waals surface area contributed by atoms with Crippen molar-refractivity contribution in [2.24, 2.45) is 0 Å². The van der Waals surface area contributed by atoms with Crippen molar-refractivity contribution in [1.29, 1.82) is 0 Å². The Bertz CT molecular complexity index is 635. The standard InChI is InChI=1S/C18H25N3O4.ClH/c1-24-16-6-5-13(10-15(16)21-8-3-2-4-18(21)23)20-17(22)11-14-12-25-9-7-19-14;/h5-6,10,14,19H,2-4,7-9,11-12H2,1H3,(H,20,22);1H. The Morgan fingerprint density at radius 2 is 2.27 bits per heavy atom. The van der Waals surface area contributed by atoms with Crippen LogP contribution in [-0.4, -0.2) is 51.3 Å². The van der Waals surface area contributed by atoms with Crippen LogP contribution < -0.4 is 20.3 Å². The molecule has 0 spiro atoms. The highest BCUT2D eigenvalue weighted by atomic mass is 35.5. The Balaban J connectivity index is 0.00000243. The lowest BCUT2D eigenvalue weighted by molar-refractivity contribution is -0.119. The Morgan fingerprint density at radius 3 is 2.96 bits per heavy atom. The molecule has 1 atom stereocenters. The number of carbonyl (C=O) groups excluding carboxylic acids is 2. The number of carbonyl (C=O) groups is 2. The minimum Gasteiger partial charge on any atom is -0.495 e. The lowest BCUT2D eigenvalue weighted by Crippen LogP contribution is -2.43. The van der Waals surface area contributed by atoms with Crippen LogP contribution in [0.1, 0.15) is 25.7 Å². The molecule has 26 heavy (non-hydrogen) atoms. The summed E-state index contributed by atoms with van der Waals surface area (Å²) in [6.07, 6.45) is 2.79. The average molecular weight is 384 g/mol. The maximum Gasteiger partial charge on any atom is 0.227 e. The Kier molecular flexibility index (Phi) is 7.68. The number of hydrogen-bond donors (Lipinski definition) is 2. The van der Waals surface area contributed by atoms with Crippen LogP contribution in [0.15, 0.2) is 18.2 Å². The smallest absolute Gasteiger partial charge is 0.227 e. The molecule has 1 unspecified atom stereocenters. The van der Waals surface area contributed by atoms with Crippen LogP contribution in [0.25, 0.3) is 0 Å². The van der Waals surface area contributed by atoms with Crippen molar-refractivity contribution in [2.45, 2.75) is 31.7 Å². The van der Waals surface area contributed by atoms with E-state index in [0.717, 1.165) is 19.4 Å². The zero-order valence-electron chi connectivity index (χ0n) is 15.0. The molecule has 2 heterocycles. The molecule has 1 aromatic carbocycles. The van der Waals surface area contributed by atoms with Crippen molar-refractivity contribution in [1.82, 2.24) is 5.32 Å². The number of methoxy groups -OCH3 is 1. The van der Waals surface area contributed by atoms with E-state index >= 15 is 0 Å². The third-order valence-electron chi connectivity index (χ3n) is 4.51. The first kappa shape index (κ1) is 20.5. The van der Waals surface area contributed by atoms with Gasteiger partial charge in [0.25, 0.3) is 0 Å². The van der Waals surface area contributed by atoms with Crippen LogP contribution in [-0.2, 0) is 14.3 Å². The summed E-state index contributed by atoms with van der Waals surface area (Å²) in [6, 6.07) is 5.43. The van der Waals surface area contributed by atoms with Crippen LogP contribution in [0.3, 0.4) is 0 Å². The quantitative estimate of drug-likeness (QED) is 0.812. The molecule has 0 aromatic heterocycles. The topological polar surface area (TPSA) is 79.9 Å². The van der Waals surface area contributed by atoms with Gasteiger partial charge in [0.2, 0.25) is 11.8 Å². The summed E-state index contributed by atoms with van der Waals surface area (Å²) in [5, 5.41) is 6.17. The van der Waals surface area contributed by atoms with Crippen molar-refractivity contribution in [3.8, 4) is 5.75 Å². The highest BCUT2D eigenvalue weighted by molar-refractivity contribution is 5.97. The highest BCUT2D eigenvalue weighted by Gasteiger charge is 2.23. The van der Waals surface area contributed by atoms with E-state index < -0.39 is 0 Å². The van der Waals surface area contributed by atoms with Gasteiger partial charge in [0.05, 0.1) is 26.0 Å². The molecule has 2 N–H and O–H groups in total. The van der Waals surface area contributed by atoms with E-state index in [1.54, 1.807) is 24.1 Å². The van der Waals surface area contributed by atoms with E-state index in [4.69, 9.17) is 9.47 Å². The summed E-state index contributed by atoms with van der Waals surface area (Å²) >= 11 is 0. The number of anilines is 2. The molecule has 2 saturated heterocycles. The molecule has 8 heteroatoms. The Labute approximate surface area is 159 Å². The number of halogens is 1. The van der Waals surface area contributed by atoms with Crippen molar-refractivity contribution in [3.05, 3.63) is 18.2 Å². The van der Waals surface area contributed by atoms with E-state index in [0.29, 0.717) is 49.7 Å². The first-order valence-electron chi connectivity index (χ1n) is 8.77. The predicted octanol–water partition coefficient (Wildman–Crippen LogP) is 1.95. The molecular formula is C18H26ClN3O4. The summed E-state index contributed by atoms with van der Waals surface area (Å²) in [5.74, 6) is 0.649. The van der Waals surface area contributed by atoms with Gasteiger partial charge in [0.1, 0.15) is 5.75 Å². The molecule has 2 fully saturated rings. The number of amides is 2. The molecule has 144 valence electrons. The number of morpholine rings is 1. The number of piperidine rings is 1. The van der Waals surface area contributed by atoms with Gasteiger partial charge < -0.3 is 25.0 Å². The van der Waals surface area contributed by atoms with Crippen molar-refractivity contribution in [3.63, 3.8) is 0 Å². The zero-order chi connectivity index (χ0) is 17.6. The Hall–Kier alpha value is -1.83. The largest absolute Gasteiger partial charge is 0.495 e. The number of nitrogens with one attached hydrogen (secondary N) is 2. The number of rotatable bonds is 5. The molecule has 1 aromatic rings. The van der Waals surface area contributed by atoms with Gasteiger partial charge >= 0.3 is 0 Å². The summed E-state index contributed by atoms with van der Waals surface area (Å²) < 4.78 is 10.8. The molecule has 0 bridgehead atoms. The highest BCUT2D eigenvalue weighted by Crippen LogP contribution is 2.33. The fourth-order valence-electron chi connectivity index (χ4n) is 3.23. The van der Waals surface area contributed by atoms with Gasteiger partial charge in [-0.2, -0.15) is 0 Å². The summed E-state index contributed by atoms with van der Waals surface area (Å²) in [5.41, 5.74) is 1.38. The lowest BCUT2D eigenvalue weighted by Gasteiger charge is -2.28. The van der Waals surface area contributed by atoms with Gasteiger partial charge in [-0.15, -0.1) is 12.4 Å². The van der Waals surface area contributed by atoms with Gasteiger partial charge in [0.15, 0.2) is 0 Å². The van der Waals surface area contributed by atoms with Gasteiger partial charge in [-0.1, -0.05) is 0 Å². The third kappa shape index (κ3) is 5.09. The molecular weight excluding hydrogens is 358 g/mol. The van der Waals surface area contributed by atoms with E-state index in [9.17, 15) is 9.59 Å². The van der Waals surface area contributed by atoms with Gasteiger partial charge in [0, 0.05) is 37.7 Å². The Morgan fingerprint density at radius 1 is 1.42 bits per heavy atom. The number of nitrogens with zero attached hydrogens (tertiary/aromatic N) is 1. The summed E-state index contributed by atoms with van der Waals surface area (Å²) in [4.78, 5) is 26.2. The zero-order valence-corrected chi connectivity index (χ0v) is 15.8. The molecule has 2 amide bonds. The fourth-order valence-corrected chi connectivity index (χ4v) is 3.23. The number of hydrogen-bond acceptors (Lipinski definition) is 5. The first-order valence-corrected chi connectivity index (χ1v) is 8.77.